The molecule has 15 heavy (non-hydrogen) atoms. The predicted molar refractivity (Wildman–Crippen MR) is 68.3 cm³/mol. The van der Waals surface area contributed by atoms with Crippen LogP contribution in [0.4, 0.5) is 0 Å². The zero-order valence-corrected chi connectivity index (χ0v) is 10.6. The Morgan fingerprint density at radius 2 is 1.40 bits per heavy atom. The normalized spacial score (nSPS) is 11.7. The third kappa shape index (κ3) is 3.09. The van der Waals surface area contributed by atoms with E-state index in [1.807, 2.05) is 0 Å². The highest BCUT2D eigenvalue weighted by Gasteiger charge is 2.24. The van der Waals surface area contributed by atoms with Crippen molar-refractivity contribution in [2.75, 3.05) is 0 Å². The van der Waals surface area contributed by atoms with Crippen molar-refractivity contribution >= 4 is 0 Å². The molecule has 1 rings (SSSR count). The molecule has 0 atom stereocenters. The maximum absolute atomic E-state index is 2.41. The molecule has 0 aromatic heterocycles. The van der Waals surface area contributed by atoms with Gasteiger partial charge in [-0.05, 0) is 30.7 Å². The number of hydrogen-bond donors (Lipinski definition) is 0. The van der Waals surface area contributed by atoms with Crippen molar-refractivity contribution in [3.8, 4) is 0 Å². The lowest BCUT2D eigenvalue weighted by atomic mass is 9.75. The van der Waals surface area contributed by atoms with Crippen LogP contribution in [0, 0.1) is 6.92 Å². The molecule has 0 heteroatoms. The number of hydrogen-bond acceptors (Lipinski definition) is 0. The second kappa shape index (κ2) is 5.34. The number of aryl methyl sites for hydroxylation is 1. The van der Waals surface area contributed by atoms with Crippen molar-refractivity contribution in [2.24, 2.45) is 0 Å². The fourth-order valence-electron chi connectivity index (χ4n) is 2.47. The molecule has 1 aromatic rings. The van der Waals surface area contributed by atoms with Gasteiger partial charge in [0.15, 0.2) is 0 Å². The quantitative estimate of drug-likeness (QED) is 0.643. The Labute approximate surface area is 94.7 Å². The zero-order chi connectivity index (χ0) is 11.3. The average Bonchev–Trinajstić information content (AvgIpc) is 2.19. The Morgan fingerprint density at radius 1 is 0.933 bits per heavy atom. The van der Waals surface area contributed by atoms with Gasteiger partial charge in [0.1, 0.15) is 0 Å². The van der Waals surface area contributed by atoms with Crippen LogP contribution in [0.25, 0.3) is 0 Å². The van der Waals surface area contributed by atoms with Gasteiger partial charge in [0.2, 0.25) is 0 Å². The van der Waals surface area contributed by atoms with Crippen molar-refractivity contribution in [2.45, 2.75) is 58.8 Å². The van der Waals surface area contributed by atoms with Crippen molar-refractivity contribution in [3.05, 3.63) is 35.4 Å². The van der Waals surface area contributed by atoms with Gasteiger partial charge in [-0.3, -0.25) is 0 Å². The fraction of sp³-hybridized carbons (Fsp3) is 0.600. The van der Waals surface area contributed by atoms with E-state index in [0.29, 0.717) is 5.41 Å². The van der Waals surface area contributed by atoms with Gasteiger partial charge in [-0.25, -0.2) is 0 Å². The molecule has 0 saturated carbocycles. The van der Waals surface area contributed by atoms with Gasteiger partial charge >= 0.3 is 0 Å². The third-order valence-electron chi connectivity index (χ3n) is 3.35. The number of rotatable bonds is 5. The summed E-state index contributed by atoms with van der Waals surface area (Å²) in [5, 5.41) is 0. The summed E-state index contributed by atoms with van der Waals surface area (Å²) in [6.07, 6.45) is 5.13. The molecule has 1 aromatic carbocycles. The molecular formula is C15H24. The smallest absolute Gasteiger partial charge is 0.00754 e. The van der Waals surface area contributed by atoms with Gasteiger partial charge in [0.25, 0.3) is 0 Å². The standard InChI is InChI=1S/C15H24/c1-5-11-15(4,12-6-2)14-9-7-13(3)8-10-14/h7-10H,5-6,11-12H2,1-4H3. The third-order valence-corrected chi connectivity index (χ3v) is 3.35. The summed E-state index contributed by atoms with van der Waals surface area (Å²) in [5.41, 5.74) is 3.25. The number of benzene rings is 1. The summed E-state index contributed by atoms with van der Waals surface area (Å²) in [6, 6.07) is 9.08. The van der Waals surface area contributed by atoms with E-state index in [4.69, 9.17) is 0 Å². The van der Waals surface area contributed by atoms with Crippen LogP contribution < -0.4 is 0 Å². The van der Waals surface area contributed by atoms with Gasteiger partial charge in [0, 0.05) is 0 Å². The minimum atomic E-state index is 0.386. The highest BCUT2D eigenvalue weighted by atomic mass is 14.3. The molecule has 0 heterocycles. The molecule has 0 aliphatic heterocycles. The molecule has 0 N–H and O–H groups in total. The summed E-state index contributed by atoms with van der Waals surface area (Å²) in [4.78, 5) is 0. The molecule has 0 saturated heterocycles. The molecular weight excluding hydrogens is 180 g/mol. The Hall–Kier alpha value is -0.780. The van der Waals surface area contributed by atoms with E-state index < -0.39 is 0 Å². The first kappa shape index (κ1) is 12.3. The Morgan fingerprint density at radius 3 is 1.80 bits per heavy atom. The van der Waals surface area contributed by atoms with Gasteiger partial charge in [-0.15, -0.1) is 0 Å². The lowest BCUT2D eigenvalue weighted by Gasteiger charge is -2.29. The zero-order valence-electron chi connectivity index (χ0n) is 10.6. The van der Waals surface area contributed by atoms with Crippen LogP contribution in [-0.4, -0.2) is 0 Å². The average molecular weight is 204 g/mol. The van der Waals surface area contributed by atoms with Crippen LogP contribution >= 0.6 is 0 Å². The first-order valence-electron chi connectivity index (χ1n) is 6.19. The monoisotopic (exact) mass is 204 g/mol. The van der Waals surface area contributed by atoms with Gasteiger partial charge < -0.3 is 0 Å². The summed E-state index contributed by atoms with van der Waals surface area (Å²) in [6.45, 7) is 9.12. The Kier molecular flexibility index (Phi) is 4.38. The van der Waals surface area contributed by atoms with Crippen LogP contribution in [0.3, 0.4) is 0 Å². The predicted octanol–water partition coefficient (Wildman–Crippen LogP) is 4.85. The van der Waals surface area contributed by atoms with E-state index >= 15 is 0 Å². The Balaban J connectivity index is 2.92. The molecule has 0 unspecified atom stereocenters. The lowest BCUT2D eigenvalue weighted by molar-refractivity contribution is 0.392. The minimum absolute atomic E-state index is 0.386. The molecule has 0 aliphatic carbocycles. The molecule has 0 radical (unpaired) electrons. The van der Waals surface area contributed by atoms with Crippen molar-refractivity contribution < 1.29 is 0 Å². The second-order valence-electron chi connectivity index (χ2n) is 4.93. The summed E-state index contributed by atoms with van der Waals surface area (Å²) in [5.74, 6) is 0. The van der Waals surface area contributed by atoms with Crippen LogP contribution in [0.1, 0.15) is 57.6 Å². The summed E-state index contributed by atoms with van der Waals surface area (Å²) < 4.78 is 0. The van der Waals surface area contributed by atoms with E-state index in [1.165, 1.54) is 36.8 Å². The van der Waals surface area contributed by atoms with Crippen LogP contribution in [0.15, 0.2) is 24.3 Å². The van der Waals surface area contributed by atoms with Gasteiger partial charge in [-0.1, -0.05) is 63.4 Å². The topological polar surface area (TPSA) is 0 Å². The first-order chi connectivity index (χ1) is 7.12. The molecule has 0 amide bonds. The highest BCUT2D eigenvalue weighted by molar-refractivity contribution is 5.28. The molecule has 0 bridgehead atoms. The fourth-order valence-corrected chi connectivity index (χ4v) is 2.47. The van der Waals surface area contributed by atoms with Crippen molar-refractivity contribution in [1.29, 1.82) is 0 Å². The van der Waals surface area contributed by atoms with Crippen LogP contribution in [0.5, 0.6) is 0 Å². The molecule has 0 fully saturated rings. The highest BCUT2D eigenvalue weighted by Crippen LogP contribution is 2.33. The molecule has 0 spiro atoms. The maximum atomic E-state index is 2.41. The first-order valence-corrected chi connectivity index (χ1v) is 6.19. The van der Waals surface area contributed by atoms with E-state index in [-0.39, 0.29) is 0 Å². The second-order valence-corrected chi connectivity index (χ2v) is 4.93. The molecule has 0 nitrogen and oxygen atoms in total. The lowest BCUT2D eigenvalue weighted by Crippen LogP contribution is -2.21. The van der Waals surface area contributed by atoms with E-state index in [0.717, 1.165) is 0 Å². The van der Waals surface area contributed by atoms with E-state index in [2.05, 4.69) is 52.0 Å². The van der Waals surface area contributed by atoms with Crippen molar-refractivity contribution in [1.82, 2.24) is 0 Å². The van der Waals surface area contributed by atoms with Crippen molar-refractivity contribution in [3.63, 3.8) is 0 Å². The summed E-state index contributed by atoms with van der Waals surface area (Å²) in [7, 11) is 0. The summed E-state index contributed by atoms with van der Waals surface area (Å²) >= 11 is 0. The Bertz CT molecular complexity index is 275. The molecule has 84 valence electrons. The van der Waals surface area contributed by atoms with Gasteiger partial charge in [0.05, 0.1) is 0 Å². The van der Waals surface area contributed by atoms with E-state index in [1.54, 1.807) is 0 Å². The van der Waals surface area contributed by atoms with Gasteiger partial charge in [-0.2, -0.15) is 0 Å². The SMILES string of the molecule is CCCC(C)(CCC)c1ccc(C)cc1. The maximum Gasteiger partial charge on any atom is -0.00754 e. The minimum Gasteiger partial charge on any atom is -0.0654 e. The van der Waals surface area contributed by atoms with E-state index in [9.17, 15) is 0 Å². The van der Waals surface area contributed by atoms with Crippen LogP contribution in [-0.2, 0) is 5.41 Å². The largest absolute Gasteiger partial charge is 0.0654 e. The van der Waals surface area contributed by atoms with Crippen LogP contribution in [0.2, 0.25) is 0 Å². The molecule has 0 aliphatic rings.